The van der Waals surface area contributed by atoms with Gasteiger partial charge in [-0.1, -0.05) is 33.6 Å². The van der Waals surface area contributed by atoms with Gasteiger partial charge < -0.3 is 10.6 Å². The average molecular weight is 226 g/mol. The zero-order valence-corrected chi connectivity index (χ0v) is 11.6. The van der Waals surface area contributed by atoms with Crippen LogP contribution < -0.4 is 5.73 Å². The highest BCUT2D eigenvalue weighted by Crippen LogP contribution is 2.35. The van der Waals surface area contributed by atoms with Crippen LogP contribution in [0.4, 0.5) is 0 Å². The van der Waals surface area contributed by atoms with E-state index in [4.69, 9.17) is 5.73 Å². The van der Waals surface area contributed by atoms with Gasteiger partial charge in [-0.25, -0.2) is 0 Å². The molecule has 1 saturated carbocycles. The van der Waals surface area contributed by atoms with E-state index < -0.39 is 0 Å². The summed E-state index contributed by atoms with van der Waals surface area (Å²) in [5.74, 6) is 1.02. The molecule has 0 aliphatic heterocycles. The van der Waals surface area contributed by atoms with E-state index in [1.165, 1.54) is 32.2 Å². The van der Waals surface area contributed by atoms with E-state index in [9.17, 15) is 0 Å². The van der Waals surface area contributed by atoms with Crippen molar-refractivity contribution in [1.29, 1.82) is 0 Å². The van der Waals surface area contributed by atoms with E-state index in [-0.39, 0.29) is 5.41 Å². The van der Waals surface area contributed by atoms with Crippen molar-refractivity contribution >= 4 is 0 Å². The monoisotopic (exact) mass is 226 g/mol. The highest BCUT2D eigenvalue weighted by atomic mass is 15.2. The van der Waals surface area contributed by atoms with Crippen molar-refractivity contribution in [3.05, 3.63) is 0 Å². The third-order valence-corrected chi connectivity index (χ3v) is 3.69. The van der Waals surface area contributed by atoms with E-state index in [1.54, 1.807) is 0 Å². The molecule has 0 bridgehead atoms. The van der Waals surface area contributed by atoms with Gasteiger partial charge in [-0.3, -0.25) is 0 Å². The van der Waals surface area contributed by atoms with Crippen LogP contribution >= 0.6 is 0 Å². The highest BCUT2D eigenvalue weighted by Gasteiger charge is 2.28. The normalized spacial score (nSPS) is 19.1. The molecule has 0 amide bonds. The molecule has 0 heterocycles. The van der Waals surface area contributed by atoms with Gasteiger partial charge in [-0.2, -0.15) is 0 Å². The van der Waals surface area contributed by atoms with Gasteiger partial charge in [0.1, 0.15) is 0 Å². The quantitative estimate of drug-likeness (QED) is 0.689. The van der Waals surface area contributed by atoms with Crippen LogP contribution in [0.2, 0.25) is 0 Å². The Balaban J connectivity index is 2.43. The van der Waals surface area contributed by atoms with Gasteiger partial charge in [0, 0.05) is 12.6 Å². The molecule has 2 heteroatoms. The SMILES string of the molecule is CCCN(CC(C)(C)CN)C(C)CC1CC1. The van der Waals surface area contributed by atoms with Crippen molar-refractivity contribution in [3.8, 4) is 0 Å². The van der Waals surface area contributed by atoms with Gasteiger partial charge in [-0.15, -0.1) is 0 Å². The Bertz CT molecular complexity index is 197. The summed E-state index contributed by atoms with van der Waals surface area (Å²) in [5.41, 5.74) is 6.09. The first-order valence-corrected chi connectivity index (χ1v) is 6.92. The van der Waals surface area contributed by atoms with Crippen LogP contribution in [0.1, 0.15) is 53.4 Å². The maximum atomic E-state index is 5.84. The highest BCUT2D eigenvalue weighted by molar-refractivity contribution is 4.82. The molecular weight excluding hydrogens is 196 g/mol. The Kier molecular flexibility index (Phi) is 5.26. The Morgan fingerprint density at radius 3 is 2.44 bits per heavy atom. The number of rotatable bonds is 8. The van der Waals surface area contributed by atoms with Gasteiger partial charge in [0.15, 0.2) is 0 Å². The minimum absolute atomic E-state index is 0.257. The first-order valence-electron chi connectivity index (χ1n) is 6.92. The first-order chi connectivity index (χ1) is 7.48. The molecule has 0 aromatic heterocycles. The van der Waals surface area contributed by atoms with Crippen molar-refractivity contribution in [3.63, 3.8) is 0 Å². The molecular formula is C14H30N2. The molecule has 1 fully saturated rings. The summed E-state index contributed by atoms with van der Waals surface area (Å²) in [6.07, 6.45) is 5.56. The van der Waals surface area contributed by atoms with Gasteiger partial charge in [0.05, 0.1) is 0 Å². The molecule has 96 valence electrons. The van der Waals surface area contributed by atoms with Crippen LogP contribution in [0.5, 0.6) is 0 Å². The van der Waals surface area contributed by atoms with Crippen LogP contribution in [0.3, 0.4) is 0 Å². The maximum absolute atomic E-state index is 5.84. The fourth-order valence-electron chi connectivity index (χ4n) is 2.34. The van der Waals surface area contributed by atoms with E-state index in [0.717, 1.165) is 25.0 Å². The minimum Gasteiger partial charge on any atom is -0.330 e. The summed E-state index contributed by atoms with van der Waals surface area (Å²) >= 11 is 0. The summed E-state index contributed by atoms with van der Waals surface area (Å²) in [5, 5.41) is 0. The van der Waals surface area contributed by atoms with Crippen LogP contribution in [0.15, 0.2) is 0 Å². The lowest BCUT2D eigenvalue weighted by molar-refractivity contribution is 0.131. The lowest BCUT2D eigenvalue weighted by Gasteiger charge is -2.36. The fourth-order valence-corrected chi connectivity index (χ4v) is 2.34. The molecule has 0 aromatic rings. The van der Waals surface area contributed by atoms with Crippen molar-refractivity contribution in [1.82, 2.24) is 4.90 Å². The second-order valence-corrected chi connectivity index (χ2v) is 6.37. The Labute approximate surface area is 102 Å². The van der Waals surface area contributed by atoms with Crippen LogP contribution in [0.25, 0.3) is 0 Å². The predicted molar refractivity (Wildman–Crippen MR) is 71.5 cm³/mol. The summed E-state index contributed by atoms with van der Waals surface area (Å²) in [6, 6.07) is 0.735. The average Bonchev–Trinajstić information content (AvgIpc) is 3.01. The first kappa shape index (κ1) is 14.0. The molecule has 1 aliphatic carbocycles. The third-order valence-electron chi connectivity index (χ3n) is 3.69. The molecule has 0 radical (unpaired) electrons. The maximum Gasteiger partial charge on any atom is 0.00698 e. The molecule has 2 N–H and O–H groups in total. The van der Waals surface area contributed by atoms with E-state index >= 15 is 0 Å². The van der Waals surface area contributed by atoms with E-state index in [1.807, 2.05) is 0 Å². The molecule has 1 aliphatic rings. The molecule has 16 heavy (non-hydrogen) atoms. The van der Waals surface area contributed by atoms with Crippen molar-refractivity contribution in [2.45, 2.75) is 59.4 Å². The molecule has 1 unspecified atom stereocenters. The van der Waals surface area contributed by atoms with Gasteiger partial charge in [0.25, 0.3) is 0 Å². The molecule has 2 nitrogen and oxygen atoms in total. The van der Waals surface area contributed by atoms with E-state index in [0.29, 0.717) is 0 Å². The Morgan fingerprint density at radius 2 is 2.00 bits per heavy atom. The summed E-state index contributed by atoms with van der Waals surface area (Å²) in [7, 11) is 0. The minimum atomic E-state index is 0.257. The van der Waals surface area contributed by atoms with E-state index in [2.05, 4.69) is 32.6 Å². The van der Waals surface area contributed by atoms with Crippen LogP contribution in [-0.4, -0.2) is 30.6 Å². The molecule has 1 rings (SSSR count). The van der Waals surface area contributed by atoms with Crippen LogP contribution in [0, 0.1) is 11.3 Å². The number of hydrogen-bond donors (Lipinski definition) is 1. The second kappa shape index (κ2) is 6.02. The van der Waals surface area contributed by atoms with Gasteiger partial charge in [0.2, 0.25) is 0 Å². The zero-order chi connectivity index (χ0) is 12.2. The van der Waals surface area contributed by atoms with Gasteiger partial charge >= 0.3 is 0 Å². The summed E-state index contributed by atoms with van der Waals surface area (Å²) in [6.45, 7) is 12.4. The number of nitrogens with two attached hydrogens (primary N) is 1. The third kappa shape index (κ3) is 4.84. The number of hydrogen-bond acceptors (Lipinski definition) is 2. The predicted octanol–water partition coefficient (Wildman–Crippen LogP) is 2.87. The number of nitrogens with zero attached hydrogens (tertiary/aromatic N) is 1. The lowest BCUT2D eigenvalue weighted by atomic mass is 9.92. The summed E-state index contributed by atoms with van der Waals surface area (Å²) < 4.78 is 0. The van der Waals surface area contributed by atoms with Crippen molar-refractivity contribution in [2.24, 2.45) is 17.1 Å². The van der Waals surface area contributed by atoms with Crippen molar-refractivity contribution < 1.29 is 0 Å². The topological polar surface area (TPSA) is 29.3 Å². The smallest absolute Gasteiger partial charge is 0.00698 e. The molecule has 0 saturated heterocycles. The standard InChI is InChI=1S/C14H30N2/c1-5-8-16(11-14(3,4)10-15)12(2)9-13-6-7-13/h12-13H,5-11,15H2,1-4H3. The lowest BCUT2D eigenvalue weighted by Crippen LogP contribution is -2.43. The largest absolute Gasteiger partial charge is 0.330 e. The van der Waals surface area contributed by atoms with Crippen LogP contribution in [-0.2, 0) is 0 Å². The Morgan fingerprint density at radius 1 is 1.38 bits per heavy atom. The molecule has 0 spiro atoms. The van der Waals surface area contributed by atoms with Crippen molar-refractivity contribution in [2.75, 3.05) is 19.6 Å². The fraction of sp³-hybridized carbons (Fsp3) is 1.00. The van der Waals surface area contributed by atoms with Gasteiger partial charge in [-0.05, 0) is 44.2 Å². The second-order valence-electron chi connectivity index (χ2n) is 6.37. The summed E-state index contributed by atoms with van der Waals surface area (Å²) in [4.78, 5) is 2.64. The Hall–Kier alpha value is -0.0800. The zero-order valence-electron chi connectivity index (χ0n) is 11.6. The molecule has 0 aromatic carbocycles. The molecule has 1 atom stereocenters.